The highest BCUT2D eigenvalue weighted by Crippen LogP contribution is 2.19. The number of hydrogen-bond acceptors (Lipinski definition) is 3. The van der Waals surface area contributed by atoms with Gasteiger partial charge in [0.05, 0.1) is 31.3 Å². The summed E-state index contributed by atoms with van der Waals surface area (Å²) in [5.41, 5.74) is 1.11. The minimum Gasteiger partial charge on any atom is -0.394 e. The standard InChI is InChI=1S/C15H21NO3/c1-11-7-13(10-19-11)15(18)16-14(9-17)8-12-5-3-2-4-6-12/h2-6,11,13-14,17H,7-10H2,1H3,(H,16,18). The normalized spacial score (nSPS) is 24.1. The summed E-state index contributed by atoms with van der Waals surface area (Å²) < 4.78 is 5.40. The van der Waals surface area contributed by atoms with Gasteiger partial charge in [-0.2, -0.15) is 0 Å². The fourth-order valence-electron chi connectivity index (χ4n) is 2.38. The molecule has 104 valence electrons. The first-order valence-electron chi connectivity index (χ1n) is 6.75. The molecule has 1 aliphatic rings. The molecule has 1 aromatic carbocycles. The molecule has 2 N–H and O–H groups in total. The first-order chi connectivity index (χ1) is 9.19. The van der Waals surface area contributed by atoms with Crippen molar-refractivity contribution in [2.24, 2.45) is 5.92 Å². The smallest absolute Gasteiger partial charge is 0.225 e. The van der Waals surface area contributed by atoms with Crippen LogP contribution < -0.4 is 5.32 Å². The van der Waals surface area contributed by atoms with Crippen LogP contribution in [0.1, 0.15) is 18.9 Å². The van der Waals surface area contributed by atoms with Gasteiger partial charge in [0.2, 0.25) is 5.91 Å². The molecule has 4 nitrogen and oxygen atoms in total. The second kappa shape index (κ2) is 6.68. The van der Waals surface area contributed by atoms with Gasteiger partial charge >= 0.3 is 0 Å². The van der Waals surface area contributed by atoms with Crippen molar-refractivity contribution in [1.82, 2.24) is 5.32 Å². The zero-order valence-corrected chi connectivity index (χ0v) is 11.2. The molecular formula is C15H21NO3. The third-order valence-corrected chi connectivity index (χ3v) is 3.46. The summed E-state index contributed by atoms with van der Waals surface area (Å²) in [6, 6.07) is 9.63. The predicted octanol–water partition coefficient (Wildman–Crippen LogP) is 1.13. The summed E-state index contributed by atoms with van der Waals surface area (Å²) in [6.45, 7) is 2.40. The molecule has 1 heterocycles. The van der Waals surface area contributed by atoms with Gasteiger partial charge in [0, 0.05) is 0 Å². The molecule has 0 bridgehead atoms. The second-order valence-corrected chi connectivity index (χ2v) is 5.15. The van der Waals surface area contributed by atoms with Crippen LogP contribution in [-0.4, -0.2) is 36.4 Å². The average Bonchev–Trinajstić information content (AvgIpc) is 2.86. The molecule has 1 saturated heterocycles. The molecule has 2 rings (SSSR count). The first-order valence-corrected chi connectivity index (χ1v) is 6.75. The van der Waals surface area contributed by atoms with Crippen LogP contribution in [0, 0.1) is 5.92 Å². The Labute approximate surface area is 113 Å². The maximum atomic E-state index is 12.0. The van der Waals surface area contributed by atoms with Crippen molar-refractivity contribution in [3.63, 3.8) is 0 Å². The first kappa shape index (κ1) is 14.0. The fraction of sp³-hybridized carbons (Fsp3) is 0.533. The Morgan fingerprint density at radius 2 is 2.21 bits per heavy atom. The zero-order chi connectivity index (χ0) is 13.7. The summed E-state index contributed by atoms with van der Waals surface area (Å²) in [6.07, 6.45) is 1.55. The Hall–Kier alpha value is -1.39. The molecule has 1 aliphatic heterocycles. The lowest BCUT2D eigenvalue weighted by atomic mass is 10.0. The number of hydrogen-bond donors (Lipinski definition) is 2. The maximum absolute atomic E-state index is 12.0. The van der Waals surface area contributed by atoms with E-state index < -0.39 is 0 Å². The van der Waals surface area contributed by atoms with E-state index in [4.69, 9.17) is 4.74 Å². The van der Waals surface area contributed by atoms with Gasteiger partial charge in [-0.3, -0.25) is 4.79 Å². The lowest BCUT2D eigenvalue weighted by molar-refractivity contribution is -0.126. The molecule has 4 heteroatoms. The van der Waals surface area contributed by atoms with Crippen LogP contribution in [-0.2, 0) is 16.0 Å². The molecule has 3 atom stereocenters. The number of rotatable bonds is 5. The average molecular weight is 263 g/mol. The van der Waals surface area contributed by atoms with Gasteiger partial charge in [0.1, 0.15) is 0 Å². The Morgan fingerprint density at radius 3 is 2.79 bits per heavy atom. The topological polar surface area (TPSA) is 58.6 Å². The van der Waals surface area contributed by atoms with Crippen molar-refractivity contribution in [2.75, 3.05) is 13.2 Å². The van der Waals surface area contributed by atoms with E-state index in [-0.39, 0.29) is 30.6 Å². The predicted molar refractivity (Wildman–Crippen MR) is 72.7 cm³/mol. The third-order valence-electron chi connectivity index (χ3n) is 3.46. The number of aliphatic hydroxyl groups excluding tert-OH is 1. The van der Waals surface area contributed by atoms with Crippen molar-refractivity contribution < 1.29 is 14.6 Å². The van der Waals surface area contributed by atoms with Crippen LogP contribution in [0.4, 0.5) is 0 Å². The number of carbonyl (C=O) groups excluding carboxylic acids is 1. The molecule has 1 amide bonds. The Morgan fingerprint density at radius 1 is 1.47 bits per heavy atom. The van der Waals surface area contributed by atoms with E-state index in [0.717, 1.165) is 12.0 Å². The molecule has 0 spiro atoms. The van der Waals surface area contributed by atoms with Crippen LogP contribution in [0.3, 0.4) is 0 Å². The number of aliphatic hydroxyl groups is 1. The zero-order valence-electron chi connectivity index (χ0n) is 11.2. The largest absolute Gasteiger partial charge is 0.394 e. The molecule has 0 aliphatic carbocycles. The third kappa shape index (κ3) is 4.04. The SMILES string of the molecule is CC1CC(C(=O)NC(CO)Cc2ccccc2)CO1. The molecule has 0 aromatic heterocycles. The van der Waals surface area contributed by atoms with Crippen molar-refractivity contribution >= 4 is 5.91 Å². The van der Waals surface area contributed by atoms with Crippen LogP contribution in [0.2, 0.25) is 0 Å². The lowest BCUT2D eigenvalue weighted by Gasteiger charge is -2.18. The van der Waals surface area contributed by atoms with Gasteiger partial charge in [-0.15, -0.1) is 0 Å². The highest BCUT2D eigenvalue weighted by Gasteiger charge is 2.29. The van der Waals surface area contributed by atoms with Crippen LogP contribution in [0.25, 0.3) is 0 Å². The number of benzene rings is 1. The Kier molecular flexibility index (Phi) is 4.93. The highest BCUT2D eigenvalue weighted by molar-refractivity contribution is 5.79. The van der Waals surface area contributed by atoms with Crippen molar-refractivity contribution in [2.45, 2.75) is 31.9 Å². The molecular weight excluding hydrogens is 242 g/mol. The summed E-state index contributed by atoms with van der Waals surface area (Å²) in [4.78, 5) is 12.0. The monoisotopic (exact) mass is 263 g/mol. The maximum Gasteiger partial charge on any atom is 0.225 e. The molecule has 1 fully saturated rings. The van der Waals surface area contributed by atoms with Crippen LogP contribution in [0.5, 0.6) is 0 Å². The number of nitrogens with one attached hydrogen (secondary N) is 1. The molecule has 19 heavy (non-hydrogen) atoms. The molecule has 0 radical (unpaired) electrons. The lowest BCUT2D eigenvalue weighted by Crippen LogP contribution is -2.42. The van der Waals surface area contributed by atoms with E-state index in [1.807, 2.05) is 37.3 Å². The van der Waals surface area contributed by atoms with E-state index in [1.54, 1.807) is 0 Å². The second-order valence-electron chi connectivity index (χ2n) is 5.15. The van der Waals surface area contributed by atoms with Crippen LogP contribution in [0.15, 0.2) is 30.3 Å². The van der Waals surface area contributed by atoms with Gasteiger partial charge < -0.3 is 15.2 Å². The number of ether oxygens (including phenoxy) is 1. The van der Waals surface area contributed by atoms with Gasteiger partial charge in [-0.05, 0) is 25.3 Å². The van der Waals surface area contributed by atoms with Crippen molar-refractivity contribution in [3.05, 3.63) is 35.9 Å². The van der Waals surface area contributed by atoms with Gasteiger partial charge in [0.15, 0.2) is 0 Å². The van der Waals surface area contributed by atoms with E-state index in [2.05, 4.69) is 5.32 Å². The summed E-state index contributed by atoms with van der Waals surface area (Å²) in [7, 11) is 0. The molecule has 1 aromatic rings. The van der Waals surface area contributed by atoms with Crippen molar-refractivity contribution in [3.8, 4) is 0 Å². The van der Waals surface area contributed by atoms with E-state index >= 15 is 0 Å². The summed E-state index contributed by atoms with van der Waals surface area (Å²) in [5.74, 6) is -0.0980. The van der Waals surface area contributed by atoms with Crippen LogP contribution >= 0.6 is 0 Å². The molecule has 0 saturated carbocycles. The number of amides is 1. The summed E-state index contributed by atoms with van der Waals surface area (Å²) in [5, 5.41) is 12.3. The fourth-order valence-corrected chi connectivity index (χ4v) is 2.38. The van der Waals surface area contributed by atoms with E-state index in [0.29, 0.717) is 13.0 Å². The Bertz CT molecular complexity index is 407. The number of carbonyl (C=O) groups is 1. The minimum absolute atomic E-state index is 0.0145. The quantitative estimate of drug-likeness (QED) is 0.837. The minimum atomic E-state index is -0.231. The van der Waals surface area contributed by atoms with Gasteiger partial charge in [-0.25, -0.2) is 0 Å². The highest BCUT2D eigenvalue weighted by atomic mass is 16.5. The van der Waals surface area contributed by atoms with Crippen molar-refractivity contribution in [1.29, 1.82) is 0 Å². The van der Waals surface area contributed by atoms with E-state index in [1.165, 1.54) is 0 Å². The van der Waals surface area contributed by atoms with Gasteiger partial charge in [-0.1, -0.05) is 30.3 Å². The molecule has 3 unspecified atom stereocenters. The van der Waals surface area contributed by atoms with Gasteiger partial charge in [0.25, 0.3) is 0 Å². The Balaban J connectivity index is 1.87. The van der Waals surface area contributed by atoms with E-state index in [9.17, 15) is 9.90 Å². The summed E-state index contributed by atoms with van der Waals surface area (Å²) >= 11 is 0.